The molecule has 0 radical (unpaired) electrons. The van der Waals surface area contributed by atoms with E-state index in [-0.39, 0.29) is 11.8 Å². The van der Waals surface area contributed by atoms with Gasteiger partial charge in [0.2, 0.25) is 0 Å². The Labute approximate surface area is 150 Å². The molecule has 2 N–H and O–H groups in total. The van der Waals surface area contributed by atoms with E-state index in [1.54, 1.807) is 22.8 Å². The van der Waals surface area contributed by atoms with Crippen molar-refractivity contribution in [1.29, 1.82) is 0 Å². The summed E-state index contributed by atoms with van der Waals surface area (Å²) in [7, 11) is 1.58. The van der Waals surface area contributed by atoms with Gasteiger partial charge in [-0.25, -0.2) is 0 Å². The zero-order valence-corrected chi connectivity index (χ0v) is 14.7. The second-order valence-corrected chi connectivity index (χ2v) is 6.70. The molecule has 2 aromatic heterocycles. The van der Waals surface area contributed by atoms with Crippen LogP contribution in [0.5, 0.6) is 0 Å². The number of H-pyrrole nitrogens is 1. The van der Waals surface area contributed by atoms with Crippen molar-refractivity contribution >= 4 is 11.8 Å². The van der Waals surface area contributed by atoms with Crippen LogP contribution in [-0.2, 0) is 17.8 Å². The van der Waals surface area contributed by atoms with Crippen LogP contribution in [0.15, 0.2) is 12.1 Å². The number of nitrogens with zero attached hydrogens (tertiary/aromatic N) is 4. The summed E-state index contributed by atoms with van der Waals surface area (Å²) in [5.74, 6) is 0.209. The van der Waals surface area contributed by atoms with Crippen LogP contribution in [0, 0.1) is 0 Å². The van der Waals surface area contributed by atoms with E-state index in [4.69, 9.17) is 4.74 Å². The first-order chi connectivity index (χ1) is 12.7. The van der Waals surface area contributed by atoms with Gasteiger partial charge in [0.05, 0.1) is 25.4 Å². The van der Waals surface area contributed by atoms with Crippen LogP contribution in [-0.4, -0.2) is 63.5 Å². The molecular weight excluding hydrogens is 336 g/mol. The Bertz CT molecular complexity index is 822. The van der Waals surface area contributed by atoms with Crippen molar-refractivity contribution in [2.24, 2.45) is 0 Å². The number of aromatic nitrogens is 4. The monoisotopic (exact) mass is 358 g/mol. The van der Waals surface area contributed by atoms with Gasteiger partial charge >= 0.3 is 0 Å². The summed E-state index contributed by atoms with van der Waals surface area (Å²) >= 11 is 0. The Morgan fingerprint density at radius 3 is 2.92 bits per heavy atom. The fourth-order valence-corrected chi connectivity index (χ4v) is 3.12. The maximum atomic E-state index is 12.7. The quantitative estimate of drug-likeness (QED) is 0.732. The number of nitrogens with one attached hydrogen (secondary N) is 2. The van der Waals surface area contributed by atoms with Crippen LogP contribution in [0.25, 0.3) is 0 Å². The van der Waals surface area contributed by atoms with Crippen molar-refractivity contribution in [3.63, 3.8) is 0 Å². The van der Waals surface area contributed by atoms with Crippen LogP contribution < -0.4 is 5.32 Å². The molecule has 2 aliphatic rings. The molecule has 4 rings (SSSR count). The van der Waals surface area contributed by atoms with Gasteiger partial charge in [-0.05, 0) is 25.0 Å². The molecule has 138 valence electrons. The lowest BCUT2D eigenvalue weighted by molar-refractivity contribution is 0.0699. The molecule has 9 heteroatoms. The van der Waals surface area contributed by atoms with Crippen molar-refractivity contribution in [3.8, 4) is 0 Å². The Morgan fingerprint density at radius 2 is 2.15 bits per heavy atom. The van der Waals surface area contributed by atoms with Gasteiger partial charge in [-0.15, -0.1) is 0 Å². The lowest BCUT2D eigenvalue weighted by Crippen LogP contribution is -2.38. The minimum Gasteiger partial charge on any atom is -0.383 e. The molecule has 1 aliphatic carbocycles. The number of hydrogen-bond acceptors (Lipinski definition) is 5. The second-order valence-electron chi connectivity index (χ2n) is 6.70. The van der Waals surface area contributed by atoms with E-state index < -0.39 is 0 Å². The summed E-state index contributed by atoms with van der Waals surface area (Å²) in [6.45, 7) is 2.41. The number of fused-ring (bicyclic) bond motifs is 1. The lowest BCUT2D eigenvalue weighted by Gasteiger charge is -2.26. The largest absolute Gasteiger partial charge is 0.383 e. The SMILES string of the molecule is COCCNC(=O)c1cc2n(n1)CCN(C(=O)c1cc(C3CC3)[nH]n1)C2. The molecule has 26 heavy (non-hydrogen) atoms. The van der Waals surface area contributed by atoms with E-state index in [0.29, 0.717) is 50.1 Å². The maximum Gasteiger partial charge on any atom is 0.274 e. The van der Waals surface area contributed by atoms with Crippen molar-refractivity contribution in [2.75, 3.05) is 26.8 Å². The van der Waals surface area contributed by atoms with Crippen molar-refractivity contribution in [2.45, 2.75) is 31.8 Å². The Balaban J connectivity index is 1.42. The summed E-state index contributed by atoms with van der Waals surface area (Å²) in [4.78, 5) is 26.6. The van der Waals surface area contributed by atoms with Gasteiger partial charge in [0, 0.05) is 31.8 Å². The maximum absolute atomic E-state index is 12.7. The molecule has 1 aliphatic heterocycles. The molecule has 0 saturated heterocycles. The summed E-state index contributed by atoms with van der Waals surface area (Å²) in [6, 6.07) is 3.60. The zero-order valence-electron chi connectivity index (χ0n) is 14.7. The summed E-state index contributed by atoms with van der Waals surface area (Å²) in [5, 5.41) is 14.2. The topological polar surface area (TPSA) is 105 Å². The third-order valence-corrected chi connectivity index (χ3v) is 4.74. The van der Waals surface area contributed by atoms with Gasteiger partial charge in [0.25, 0.3) is 11.8 Å². The first-order valence-corrected chi connectivity index (χ1v) is 8.84. The van der Waals surface area contributed by atoms with E-state index >= 15 is 0 Å². The average molecular weight is 358 g/mol. The van der Waals surface area contributed by atoms with E-state index in [2.05, 4.69) is 20.6 Å². The Hall–Kier alpha value is -2.68. The predicted molar refractivity (Wildman–Crippen MR) is 91.7 cm³/mol. The fourth-order valence-electron chi connectivity index (χ4n) is 3.12. The standard InChI is InChI=1S/C17H22N6O3/c1-26-7-4-18-16(24)14-8-12-10-22(5-6-23(12)21-14)17(25)15-9-13(19-20-15)11-2-3-11/h8-9,11H,2-7,10H2,1H3,(H,18,24)(H,19,20). The number of rotatable bonds is 6. The van der Waals surface area contributed by atoms with E-state index in [0.717, 1.165) is 24.2 Å². The first kappa shape index (κ1) is 16.8. The van der Waals surface area contributed by atoms with Crippen LogP contribution in [0.2, 0.25) is 0 Å². The molecule has 0 unspecified atom stereocenters. The predicted octanol–water partition coefficient (Wildman–Crippen LogP) is 0.516. The van der Waals surface area contributed by atoms with E-state index in [1.807, 2.05) is 6.07 Å². The number of carbonyl (C=O) groups is 2. The number of hydrogen-bond donors (Lipinski definition) is 2. The third-order valence-electron chi connectivity index (χ3n) is 4.74. The Kier molecular flexibility index (Phi) is 4.46. The number of carbonyl (C=O) groups excluding carboxylic acids is 2. The first-order valence-electron chi connectivity index (χ1n) is 8.84. The highest BCUT2D eigenvalue weighted by atomic mass is 16.5. The van der Waals surface area contributed by atoms with Gasteiger partial charge in [-0.2, -0.15) is 10.2 Å². The highest BCUT2D eigenvalue weighted by Crippen LogP contribution is 2.39. The molecule has 0 aromatic carbocycles. The third kappa shape index (κ3) is 3.34. The van der Waals surface area contributed by atoms with Gasteiger partial charge in [-0.1, -0.05) is 0 Å². The lowest BCUT2D eigenvalue weighted by atomic mass is 10.2. The minimum atomic E-state index is -0.233. The van der Waals surface area contributed by atoms with Crippen LogP contribution in [0.4, 0.5) is 0 Å². The molecule has 2 aromatic rings. The number of amides is 2. The molecule has 2 amide bonds. The average Bonchev–Trinajstić information content (AvgIpc) is 3.22. The second kappa shape index (κ2) is 6.91. The van der Waals surface area contributed by atoms with Crippen LogP contribution in [0.3, 0.4) is 0 Å². The van der Waals surface area contributed by atoms with Crippen LogP contribution in [0.1, 0.15) is 51.1 Å². The Morgan fingerprint density at radius 1 is 1.31 bits per heavy atom. The van der Waals surface area contributed by atoms with Crippen molar-refractivity contribution in [1.82, 2.24) is 30.2 Å². The van der Waals surface area contributed by atoms with Gasteiger partial charge in [-0.3, -0.25) is 19.4 Å². The molecule has 0 atom stereocenters. The highest BCUT2D eigenvalue weighted by Gasteiger charge is 2.29. The van der Waals surface area contributed by atoms with Crippen LogP contribution >= 0.6 is 0 Å². The molecule has 0 spiro atoms. The normalized spacial score (nSPS) is 16.4. The smallest absolute Gasteiger partial charge is 0.274 e. The molecule has 3 heterocycles. The summed E-state index contributed by atoms with van der Waals surface area (Å²) in [6.07, 6.45) is 2.32. The molecule has 9 nitrogen and oxygen atoms in total. The van der Waals surface area contributed by atoms with E-state index in [1.165, 1.54) is 0 Å². The summed E-state index contributed by atoms with van der Waals surface area (Å²) in [5.41, 5.74) is 2.71. The highest BCUT2D eigenvalue weighted by molar-refractivity contribution is 5.93. The minimum absolute atomic E-state index is 0.0910. The van der Waals surface area contributed by atoms with Gasteiger partial charge in [0.15, 0.2) is 5.69 Å². The van der Waals surface area contributed by atoms with Crippen molar-refractivity contribution < 1.29 is 14.3 Å². The molecule has 1 saturated carbocycles. The molecule has 0 bridgehead atoms. The number of ether oxygens (including phenoxy) is 1. The summed E-state index contributed by atoms with van der Waals surface area (Å²) < 4.78 is 6.71. The molecular formula is C17H22N6O3. The van der Waals surface area contributed by atoms with Crippen molar-refractivity contribution in [3.05, 3.63) is 34.9 Å². The van der Waals surface area contributed by atoms with Gasteiger partial charge in [0.1, 0.15) is 5.69 Å². The number of methoxy groups -OCH3 is 1. The zero-order chi connectivity index (χ0) is 18.1. The van der Waals surface area contributed by atoms with Gasteiger partial charge < -0.3 is 15.0 Å². The van der Waals surface area contributed by atoms with E-state index in [9.17, 15) is 9.59 Å². The number of aromatic amines is 1. The fraction of sp³-hybridized carbons (Fsp3) is 0.529. The molecule has 1 fully saturated rings.